The number of rotatable bonds is 0. The molecule has 0 atom stereocenters. The van der Waals surface area contributed by atoms with Crippen LogP contribution in [-0.4, -0.2) is 12.4 Å². The first-order chi connectivity index (χ1) is 4.83. The molecule has 10 heavy (non-hydrogen) atoms. The van der Waals surface area contributed by atoms with Gasteiger partial charge in [0.2, 0.25) is 0 Å². The summed E-state index contributed by atoms with van der Waals surface area (Å²) in [6, 6.07) is 0. The second kappa shape index (κ2) is 1.84. The van der Waals surface area contributed by atoms with E-state index in [0.29, 0.717) is 6.61 Å². The van der Waals surface area contributed by atoms with Crippen molar-refractivity contribution in [1.29, 1.82) is 0 Å². The number of carbonyl (C=O) groups excluding carboxylic acids is 1. The quantitative estimate of drug-likeness (QED) is 0.504. The van der Waals surface area contributed by atoms with Crippen LogP contribution in [0.5, 0.6) is 0 Å². The summed E-state index contributed by atoms with van der Waals surface area (Å²) < 4.78 is 5.10. The van der Waals surface area contributed by atoms with Gasteiger partial charge in [0.25, 0.3) is 0 Å². The molecule has 2 rings (SSSR count). The molecular weight excluding hydrogens is 128 g/mol. The molecule has 0 N–H and O–H groups in total. The zero-order chi connectivity index (χ0) is 7.03. The lowest BCUT2D eigenvalue weighted by Crippen LogP contribution is -2.42. The molecular formula is C8H10O2. The fraction of sp³-hybridized carbons (Fsp3) is 0.625. The van der Waals surface area contributed by atoms with E-state index < -0.39 is 0 Å². The molecule has 0 aromatic rings. The van der Waals surface area contributed by atoms with Crippen molar-refractivity contribution in [3.05, 3.63) is 12.3 Å². The minimum Gasteiger partial charge on any atom is -0.500 e. The van der Waals surface area contributed by atoms with E-state index in [1.165, 1.54) is 12.7 Å². The normalized spacial score (nSPS) is 27.8. The van der Waals surface area contributed by atoms with Crippen molar-refractivity contribution >= 4 is 5.78 Å². The summed E-state index contributed by atoms with van der Waals surface area (Å²) in [5, 5.41) is 0. The summed E-state index contributed by atoms with van der Waals surface area (Å²) in [7, 11) is 0. The van der Waals surface area contributed by atoms with Gasteiger partial charge in [0, 0.05) is 6.08 Å². The summed E-state index contributed by atoms with van der Waals surface area (Å²) in [4.78, 5) is 11.2. The lowest BCUT2D eigenvalue weighted by Gasteiger charge is -2.40. The SMILES string of the molecule is O=C1C=COCC12CCC2. The van der Waals surface area contributed by atoms with E-state index in [1.807, 2.05) is 0 Å². The Hall–Kier alpha value is -0.790. The molecule has 0 aromatic carbocycles. The number of hydrogen-bond acceptors (Lipinski definition) is 2. The third-order valence-electron chi connectivity index (χ3n) is 2.51. The Morgan fingerprint density at radius 3 is 2.70 bits per heavy atom. The largest absolute Gasteiger partial charge is 0.500 e. The van der Waals surface area contributed by atoms with Gasteiger partial charge in [-0.1, -0.05) is 6.42 Å². The highest BCUT2D eigenvalue weighted by Gasteiger charge is 2.44. The summed E-state index contributed by atoms with van der Waals surface area (Å²) in [5.41, 5.74) is -0.0885. The maximum Gasteiger partial charge on any atom is 0.168 e. The molecule has 1 heterocycles. The molecule has 0 amide bonds. The van der Waals surface area contributed by atoms with Gasteiger partial charge in [0.1, 0.15) is 6.61 Å². The van der Waals surface area contributed by atoms with Gasteiger partial charge in [-0.05, 0) is 12.8 Å². The topological polar surface area (TPSA) is 26.3 Å². The Morgan fingerprint density at radius 2 is 2.30 bits per heavy atom. The van der Waals surface area contributed by atoms with Crippen molar-refractivity contribution in [1.82, 2.24) is 0 Å². The Morgan fingerprint density at radius 1 is 1.50 bits per heavy atom. The Kier molecular flexibility index (Phi) is 1.10. The minimum absolute atomic E-state index is 0.0885. The van der Waals surface area contributed by atoms with Gasteiger partial charge in [0.15, 0.2) is 5.78 Å². The number of carbonyl (C=O) groups is 1. The zero-order valence-electron chi connectivity index (χ0n) is 5.80. The summed E-state index contributed by atoms with van der Waals surface area (Å²) >= 11 is 0. The molecule has 1 saturated carbocycles. The number of hydrogen-bond donors (Lipinski definition) is 0. The van der Waals surface area contributed by atoms with Crippen LogP contribution in [0.4, 0.5) is 0 Å². The van der Waals surface area contributed by atoms with E-state index in [1.54, 1.807) is 6.08 Å². The summed E-state index contributed by atoms with van der Waals surface area (Å²) in [6.07, 6.45) is 6.30. The van der Waals surface area contributed by atoms with Gasteiger partial charge in [-0.25, -0.2) is 0 Å². The van der Waals surface area contributed by atoms with Crippen LogP contribution in [0.15, 0.2) is 12.3 Å². The molecule has 0 aromatic heterocycles. The van der Waals surface area contributed by atoms with E-state index in [2.05, 4.69) is 0 Å². The second-order valence-electron chi connectivity index (χ2n) is 3.11. The molecule has 0 unspecified atom stereocenters. The molecule has 0 saturated heterocycles. The van der Waals surface area contributed by atoms with E-state index in [-0.39, 0.29) is 11.2 Å². The first-order valence-corrected chi connectivity index (χ1v) is 3.66. The van der Waals surface area contributed by atoms with E-state index in [4.69, 9.17) is 4.74 Å². The summed E-state index contributed by atoms with van der Waals surface area (Å²) in [6.45, 7) is 0.613. The minimum atomic E-state index is -0.0885. The van der Waals surface area contributed by atoms with E-state index >= 15 is 0 Å². The smallest absolute Gasteiger partial charge is 0.168 e. The molecule has 0 radical (unpaired) electrons. The second-order valence-corrected chi connectivity index (χ2v) is 3.11. The van der Waals surface area contributed by atoms with Gasteiger partial charge in [0.05, 0.1) is 11.7 Å². The average Bonchev–Trinajstić information content (AvgIpc) is 1.85. The predicted octanol–water partition coefficient (Wildman–Crippen LogP) is 1.27. The van der Waals surface area contributed by atoms with Gasteiger partial charge in [-0.15, -0.1) is 0 Å². The number of ketones is 1. The van der Waals surface area contributed by atoms with Crippen LogP contribution in [-0.2, 0) is 9.53 Å². The number of ether oxygens (including phenoxy) is 1. The van der Waals surface area contributed by atoms with Crippen molar-refractivity contribution in [2.45, 2.75) is 19.3 Å². The summed E-state index contributed by atoms with van der Waals surface area (Å²) in [5.74, 6) is 0.269. The number of allylic oxidation sites excluding steroid dienone is 1. The maximum absolute atomic E-state index is 11.2. The molecule has 1 aliphatic carbocycles. The lowest BCUT2D eigenvalue weighted by molar-refractivity contribution is -0.134. The fourth-order valence-electron chi connectivity index (χ4n) is 1.56. The van der Waals surface area contributed by atoms with Crippen LogP contribution in [0.3, 0.4) is 0 Å². The monoisotopic (exact) mass is 138 g/mol. The fourth-order valence-corrected chi connectivity index (χ4v) is 1.56. The highest BCUT2D eigenvalue weighted by molar-refractivity contribution is 5.95. The van der Waals surface area contributed by atoms with Crippen molar-refractivity contribution in [3.8, 4) is 0 Å². The molecule has 1 aliphatic heterocycles. The third kappa shape index (κ3) is 0.618. The highest BCUT2D eigenvalue weighted by atomic mass is 16.5. The first kappa shape index (κ1) is 5.96. The molecule has 2 heteroatoms. The third-order valence-corrected chi connectivity index (χ3v) is 2.51. The van der Waals surface area contributed by atoms with Gasteiger partial charge < -0.3 is 4.74 Å². The van der Waals surface area contributed by atoms with Crippen LogP contribution >= 0.6 is 0 Å². The van der Waals surface area contributed by atoms with Crippen LogP contribution in [0.25, 0.3) is 0 Å². The predicted molar refractivity (Wildman–Crippen MR) is 36.4 cm³/mol. The first-order valence-electron chi connectivity index (χ1n) is 3.66. The van der Waals surface area contributed by atoms with Crippen LogP contribution in [0.1, 0.15) is 19.3 Å². The van der Waals surface area contributed by atoms with Crippen molar-refractivity contribution in [2.75, 3.05) is 6.61 Å². The van der Waals surface area contributed by atoms with E-state index in [0.717, 1.165) is 12.8 Å². The van der Waals surface area contributed by atoms with Crippen molar-refractivity contribution in [2.24, 2.45) is 5.41 Å². The molecule has 0 bridgehead atoms. The highest BCUT2D eigenvalue weighted by Crippen LogP contribution is 2.43. The van der Waals surface area contributed by atoms with Gasteiger partial charge in [-0.3, -0.25) is 4.79 Å². The lowest BCUT2D eigenvalue weighted by atomic mass is 9.66. The van der Waals surface area contributed by atoms with Gasteiger partial charge >= 0.3 is 0 Å². The standard InChI is InChI=1S/C8H10O2/c9-7-2-5-10-6-8(7)3-1-4-8/h2,5H,1,3-4,6H2. The molecule has 1 fully saturated rings. The Balaban J connectivity index is 2.21. The Labute approximate surface area is 59.9 Å². The maximum atomic E-state index is 11.2. The van der Waals surface area contributed by atoms with Crippen LogP contribution in [0, 0.1) is 5.41 Å². The average molecular weight is 138 g/mol. The molecule has 2 nitrogen and oxygen atoms in total. The van der Waals surface area contributed by atoms with Gasteiger partial charge in [-0.2, -0.15) is 0 Å². The molecule has 54 valence electrons. The zero-order valence-corrected chi connectivity index (χ0v) is 5.80. The Bertz CT molecular complexity index is 189. The molecule has 2 aliphatic rings. The van der Waals surface area contributed by atoms with Crippen molar-refractivity contribution in [3.63, 3.8) is 0 Å². The van der Waals surface area contributed by atoms with Crippen molar-refractivity contribution < 1.29 is 9.53 Å². The van der Waals surface area contributed by atoms with Crippen LogP contribution in [0.2, 0.25) is 0 Å². The van der Waals surface area contributed by atoms with Crippen LogP contribution < -0.4 is 0 Å². The molecule has 1 spiro atoms. The van der Waals surface area contributed by atoms with E-state index in [9.17, 15) is 4.79 Å².